The molecule has 0 rings (SSSR count). The van der Waals surface area contributed by atoms with Crippen LogP contribution in [-0.2, 0) is 0 Å². The van der Waals surface area contributed by atoms with Crippen LogP contribution >= 0.6 is 0 Å². The van der Waals surface area contributed by atoms with Crippen LogP contribution in [0.3, 0.4) is 0 Å². The van der Waals surface area contributed by atoms with Gasteiger partial charge in [-0.1, -0.05) is 36.3 Å². The van der Waals surface area contributed by atoms with Gasteiger partial charge in [0.25, 0.3) is 0 Å². The maximum Gasteiger partial charge on any atom is 0.144 e. The molecular weight excluding hydrogens is 196 g/mol. The summed E-state index contributed by atoms with van der Waals surface area (Å²) in [6.07, 6.45) is 12.3. The van der Waals surface area contributed by atoms with Crippen molar-refractivity contribution < 1.29 is 5.11 Å². The number of aliphatic hydroxyl groups is 1. The van der Waals surface area contributed by atoms with Crippen LogP contribution in [0.1, 0.15) is 40.5 Å². The summed E-state index contributed by atoms with van der Waals surface area (Å²) >= 11 is 0. The predicted molar refractivity (Wildman–Crippen MR) is 71.0 cm³/mol. The van der Waals surface area contributed by atoms with Crippen LogP contribution in [0.2, 0.25) is 0 Å². The van der Waals surface area contributed by atoms with Crippen LogP contribution in [0.4, 0.5) is 0 Å². The largest absolute Gasteiger partial charge is 0.374 e. The first kappa shape index (κ1) is 14.7. The van der Waals surface area contributed by atoms with Crippen molar-refractivity contribution in [2.24, 2.45) is 0 Å². The lowest BCUT2D eigenvalue weighted by atomic mass is 9.97. The molecule has 88 valence electrons. The molecule has 0 aromatic carbocycles. The zero-order valence-corrected chi connectivity index (χ0v) is 10.7. The molecule has 0 aliphatic rings. The van der Waals surface area contributed by atoms with E-state index in [9.17, 15) is 5.11 Å². The maximum atomic E-state index is 9.94. The fraction of sp³-hybridized carbons (Fsp3) is 0.467. The molecular formula is C15H22O. The Morgan fingerprint density at radius 1 is 1.31 bits per heavy atom. The molecule has 0 fully saturated rings. The highest BCUT2D eigenvalue weighted by Gasteiger charge is 2.17. The third kappa shape index (κ3) is 6.27. The first-order chi connectivity index (χ1) is 7.54. The lowest BCUT2D eigenvalue weighted by molar-refractivity contribution is 0.161. The van der Waals surface area contributed by atoms with Crippen molar-refractivity contribution in [3.8, 4) is 11.8 Å². The summed E-state index contributed by atoms with van der Waals surface area (Å²) in [5.41, 5.74) is -0.147. The summed E-state index contributed by atoms with van der Waals surface area (Å²) in [5, 5.41) is 9.94. The van der Waals surface area contributed by atoms with E-state index in [1.807, 2.05) is 26.0 Å². The van der Waals surface area contributed by atoms with E-state index in [0.717, 1.165) is 18.4 Å². The molecule has 0 saturated heterocycles. The van der Waals surface area contributed by atoms with E-state index < -0.39 is 5.60 Å². The Hall–Kier alpha value is -1.26. The van der Waals surface area contributed by atoms with Crippen molar-refractivity contribution in [2.45, 2.75) is 46.1 Å². The second kappa shape index (κ2) is 7.96. The number of allylic oxidation sites excluding steroid dienone is 5. The van der Waals surface area contributed by atoms with Gasteiger partial charge in [0.15, 0.2) is 0 Å². The van der Waals surface area contributed by atoms with E-state index in [1.165, 1.54) is 0 Å². The SMILES string of the molecule is CC#CC(C)(O)/C(C)=C/C=C/CC/C=C/C. The zero-order valence-electron chi connectivity index (χ0n) is 10.7. The van der Waals surface area contributed by atoms with Crippen LogP contribution in [0.25, 0.3) is 0 Å². The van der Waals surface area contributed by atoms with Crippen molar-refractivity contribution >= 4 is 0 Å². The van der Waals surface area contributed by atoms with Crippen molar-refractivity contribution in [2.75, 3.05) is 0 Å². The number of hydrogen-bond acceptors (Lipinski definition) is 1. The van der Waals surface area contributed by atoms with E-state index in [2.05, 4.69) is 30.1 Å². The van der Waals surface area contributed by atoms with Crippen LogP contribution < -0.4 is 0 Å². The molecule has 1 nitrogen and oxygen atoms in total. The molecule has 1 N–H and O–H groups in total. The summed E-state index contributed by atoms with van der Waals surface area (Å²) in [7, 11) is 0. The molecule has 0 spiro atoms. The molecule has 0 bridgehead atoms. The van der Waals surface area contributed by atoms with E-state index in [-0.39, 0.29) is 0 Å². The second-order valence-electron chi connectivity index (χ2n) is 3.87. The van der Waals surface area contributed by atoms with Gasteiger partial charge in [-0.2, -0.15) is 0 Å². The molecule has 16 heavy (non-hydrogen) atoms. The third-order valence-corrected chi connectivity index (χ3v) is 2.35. The molecule has 1 heteroatoms. The molecule has 0 saturated carbocycles. The fourth-order valence-corrected chi connectivity index (χ4v) is 1.17. The Bertz CT molecular complexity index is 332. The zero-order chi connectivity index (χ0) is 12.4. The number of rotatable bonds is 5. The summed E-state index contributed by atoms with van der Waals surface area (Å²) in [4.78, 5) is 0. The van der Waals surface area contributed by atoms with Crippen molar-refractivity contribution in [1.29, 1.82) is 0 Å². The normalized spacial score (nSPS) is 16.2. The lowest BCUT2D eigenvalue weighted by Crippen LogP contribution is -2.22. The van der Waals surface area contributed by atoms with Gasteiger partial charge in [0, 0.05) is 0 Å². The number of hydrogen-bond donors (Lipinski definition) is 1. The van der Waals surface area contributed by atoms with Gasteiger partial charge in [-0.05, 0) is 46.1 Å². The molecule has 0 heterocycles. The third-order valence-electron chi connectivity index (χ3n) is 2.35. The Morgan fingerprint density at radius 2 is 1.94 bits per heavy atom. The minimum Gasteiger partial charge on any atom is -0.374 e. The van der Waals surface area contributed by atoms with Crippen molar-refractivity contribution in [1.82, 2.24) is 0 Å². The summed E-state index contributed by atoms with van der Waals surface area (Å²) in [6.45, 7) is 7.35. The standard InChI is InChI=1S/C15H22O/c1-5-7-8-9-10-11-12-14(3)15(4,16)13-6-2/h5,7,10-12,16H,8-9H2,1-4H3/b7-5+,11-10+,14-12+. The van der Waals surface area contributed by atoms with Gasteiger partial charge in [0.2, 0.25) is 0 Å². The lowest BCUT2D eigenvalue weighted by Gasteiger charge is -2.16. The Labute approximate surface area is 99.6 Å². The van der Waals surface area contributed by atoms with E-state index in [0.29, 0.717) is 0 Å². The highest BCUT2D eigenvalue weighted by Crippen LogP contribution is 2.14. The first-order valence-electron chi connectivity index (χ1n) is 5.66. The highest BCUT2D eigenvalue weighted by molar-refractivity contribution is 5.30. The molecule has 1 unspecified atom stereocenters. The molecule has 0 aliphatic carbocycles. The van der Waals surface area contributed by atoms with Gasteiger partial charge in [-0.15, -0.1) is 5.92 Å². The van der Waals surface area contributed by atoms with Crippen LogP contribution in [0, 0.1) is 11.8 Å². The average Bonchev–Trinajstić information content (AvgIpc) is 2.22. The molecule has 0 radical (unpaired) electrons. The van der Waals surface area contributed by atoms with Crippen LogP contribution in [0.15, 0.2) is 36.0 Å². The topological polar surface area (TPSA) is 20.2 Å². The van der Waals surface area contributed by atoms with E-state index in [1.54, 1.807) is 13.8 Å². The van der Waals surface area contributed by atoms with Gasteiger partial charge in [-0.3, -0.25) is 0 Å². The smallest absolute Gasteiger partial charge is 0.144 e. The van der Waals surface area contributed by atoms with Crippen molar-refractivity contribution in [3.63, 3.8) is 0 Å². The average molecular weight is 218 g/mol. The molecule has 1 atom stereocenters. The van der Waals surface area contributed by atoms with E-state index in [4.69, 9.17) is 0 Å². The molecule has 0 aliphatic heterocycles. The minimum absolute atomic E-state index is 0.865. The van der Waals surface area contributed by atoms with Crippen molar-refractivity contribution in [3.05, 3.63) is 36.0 Å². The summed E-state index contributed by atoms with van der Waals surface area (Å²) in [5.74, 6) is 5.51. The summed E-state index contributed by atoms with van der Waals surface area (Å²) < 4.78 is 0. The van der Waals surface area contributed by atoms with Gasteiger partial charge >= 0.3 is 0 Å². The van der Waals surface area contributed by atoms with Gasteiger partial charge < -0.3 is 5.11 Å². The fourth-order valence-electron chi connectivity index (χ4n) is 1.17. The molecule has 0 amide bonds. The summed E-state index contributed by atoms with van der Waals surface area (Å²) in [6, 6.07) is 0. The highest BCUT2D eigenvalue weighted by atomic mass is 16.3. The second-order valence-corrected chi connectivity index (χ2v) is 3.87. The van der Waals surface area contributed by atoms with Gasteiger partial charge in [0.1, 0.15) is 5.60 Å². The Morgan fingerprint density at radius 3 is 2.50 bits per heavy atom. The number of unbranched alkanes of at least 4 members (excludes halogenated alkanes) is 1. The quantitative estimate of drug-likeness (QED) is 0.323. The molecule has 0 aromatic rings. The Kier molecular flexibility index (Phi) is 7.33. The maximum absolute atomic E-state index is 9.94. The van der Waals surface area contributed by atoms with Crippen LogP contribution in [-0.4, -0.2) is 10.7 Å². The predicted octanol–water partition coefficient (Wildman–Crippen LogP) is 3.62. The van der Waals surface area contributed by atoms with Gasteiger partial charge in [0.05, 0.1) is 0 Å². The van der Waals surface area contributed by atoms with Crippen LogP contribution in [0.5, 0.6) is 0 Å². The Balaban J connectivity index is 4.26. The minimum atomic E-state index is -1.01. The monoisotopic (exact) mass is 218 g/mol. The molecule has 0 aromatic heterocycles. The first-order valence-corrected chi connectivity index (χ1v) is 5.66. The van der Waals surface area contributed by atoms with Gasteiger partial charge in [-0.25, -0.2) is 0 Å². The van der Waals surface area contributed by atoms with E-state index >= 15 is 0 Å².